The molecule has 0 amide bonds. The third-order valence-electron chi connectivity index (χ3n) is 4.46. The molecule has 0 atom stereocenters. The molecule has 0 saturated heterocycles. The third kappa shape index (κ3) is 2.86. The van der Waals surface area contributed by atoms with Crippen LogP contribution in [-0.4, -0.2) is 30.7 Å². The minimum Gasteiger partial charge on any atom is -0.465 e. The Labute approximate surface area is 148 Å². The van der Waals surface area contributed by atoms with E-state index < -0.39 is 11.6 Å². The van der Waals surface area contributed by atoms with Gasteiger partial charge in [0, 0.05) is 10.2 Å². The monoisotopic (exact) mass is 393 g/mol. The Morgan fingerprint density at radius 1 is 1.29 bits per heavy atom. The Morgan fingerprint density at radius 2 is 2.00 bits per heavy atom. The maximum atomic E-state index is 12.0. The summed E-state index contributed by atoms with van der Waals surface area (Å²) in [6.45, 7) is 0. The minimum atomic E-state index is -0.532. The van der Waals surface area contributed by atoms with Gasteiger partial charge in [-0.2, -0.15) is 4.99 Å². The number of carbonyl (C=O) groups is 1. The van der Waals surface area contributed by atoms with Crippen molar-refractivity contribution in [2.45, 2.75) is 37.8 Å². The Kier molecular flexibility index (Phi) is 4.49. The second kappa shape index (κ2) is 6.43. The highest BCUT2D eigenvalue weighted by molar-refractivity contribution is 9.10. The van der Waals surface area contributed by atoms with Crippen molar-refractivity contribution >= 4 is 39.5 Å². The van der Waals surface area contributed by atoms with Crippen LogP contribution in [0.25, 0.3) is 0 Å². The Balaban J connectivity index is 2.09. The molecule has 0 radical (unpaired) electrons. The molecule has 1 aliphatic carbocycles. The summed E-state index contributed by atoms with van der Waals surface area (Å²) in [7, 11) is 1.35. The normalized spacial score (nSPS) is 19.7. The van der Waals surface area contributed by atoms with Crippen LogP contribution in [0.4, 0.5) is 5.69 Å². The molecule has 1 spiro atoms. The highest BCUT2D eigenvalue weighted by Crippen LogP contribution is 2.40. The second-order valence-electron chi connectivity index (χ2n) is 5.97. The summed E-state index contributed by atoms with van der Waals surface area (Å²) in [5.41, 5.74) is 12.7. The fraction of sp³-hybridized carbons (Fsp3) is 0.438. The molecule has 1 saturated carbocycles. The van der Waals surface area contributed by atoms with Crippen LogP contribution in [0.5, 0.6) is 0 Å². The van der Waals surface area contributed by atoms with E-state index in [1.165, 1.54) is 7.11 Å². The quantitative estimate of drug-likeness (QED) is 0.749. The number of hydrogen-bond acceptors (Lipinski definition) is 7. The van der Waals surface area contributed by atoms with E-state index >= 15 is 0 Å². The number of nitrogens with two attached hydrogens (primary N) is 2. The van der Waals surface area contributed by atoms with Crippen LogP contribution >= 0.6 is 15.9 Å². The molecule has 2 aliphatic rings. The number of halogens is 1. The number of nitrogens with zero attached hydrogens (tertiary/aromatic N) is 3. The van der Waals surface area contributed by atoms with Crippen molar-refractivity contribution in [1.29, 1.82) is 0 Å². The molecule has 1 heterocycles. The van der Waals surface area contributed by atoms with E-state index in [1.54, 1.807) is 12.1 Å². The summed E-state index contributed by atoms with van der Waals surface area (Å²) in [6.07, 6.45) is 4.93. The number of aliphatic imine (C=N–C) groups is 2. The highest BCUT2D eigenvalue weighted by atomic mass is 79.9. The fourth-order valence-corrected chi connectivity index (χ4v) is 3.82. The van der Waals surface area contributed by atoms with Crippen molar-refractivity contribution in [2.75, 3.05) is 12.0 Å². The van der Waals surface area contributed by atoms with Gasteiger partial charge < -0.3 is 16.2 Å². The molecule has 24 heavy (non-hydrogen) atoms. The van der Waals surface area contributed by atoms with Gasteiger partial charge in [0.25, 0.3) is 0 Å². The van der Waals surface area contributed by atoms with Crippen molar-refractivity contribution in [3.8, 4) is 0 Å². The van der Waals surface area contributed by atoms with E-state index in [-0.39, 0.29) is 5.96 Å². The van der Waals surface area contributed by atoms with Crippen molar-refractivity contribution in [1.82, 2.24) is 0 Å². The third-order valence-corrected chi connectivity index (χ3v) is 5.16. The number of anilines is 1. The first kappa shape index (κ1) is 16.8. The number of methoxy groups -OCH3 is 1. The van der Waals surface area contributed by atoms with Crippen LogP contribution in [-0.2, 0) is 4.74 Å². The summed E-state index contributed by atoms with van der Waals surface area (Å²) in [4.78, 5) is 22.6. The zero-order chi connectivity index (χ0) is 17.3. The first-order valence-corrected chi connectivity index (χ1v) is 8.64. The standard InChI is InChI=1S/C16H20BrN5O2/c1-24-13(23)11-9-10(5-6-12(11)17)22-15(19)20-14(18)21-16(22)7-3-2-4-8-16/h5-6,9H,2-4,7-8H2,1H3,(H4,18,19,20,21). The average molecular weight is 394 g/mol. The molecule has 1 aliphatic heterocycles. The number of benzene rings is 1. The first-order valence-electron chi connectivity index (χ1n) is 7.84. The van der Waals surface area contributed by atoms with E-state index in [0.717, 1.165) is 37.8 Å². The van der Waals surface area contributed by atoms with Crippen LogP contribution in [0.1, 0.15) is 42.5 Å². The number of esters is 1. The SMILES string of the molecule is COC(=O)c1cc(N2C(N)=NC(N)=NC23CCCCC3)ccc1Br. The molecule has 0 bridgehead atoms. The number of carbonyl (C=O) groups excluding carboxylic acids is 1. The van der Waals surface area contributed by atoms with Crippen molar-refractivity contribution in [3.05, 3.63) is 28.2 Å². The lowest BCUT2D eigenvalue weighted by Crippen LogP contribution is -2.58. The van der Waals surface area contributed by atoms with E-state index in [4.69, 9.17) is 16.2 Å². The molecule has 1 aromatic carbocycles. The molecule has 1 aromatic rings. The number of rotatable bonds is 2. The molecule has 7 nitrogen and oxygen atoms in total. The van der Waals surface area contributed by atoms with Crippen LogP contribution in [0, 0.1) is 0 Å². The Morgan fingerprint density at radius 3 is 2.67 bits per heavy atom. The Bertz CT molecular complexity index is 725. The maximum Gasteiger partial charge on any atom is 0.339 e. The average Bonchev–Trinajstić information content (AvgIpc) is 2.55. The molecule has 0 aromatic heterocycles. The van der Waals surface area contributed by atoms with Gasteiger partial charge in [-0.25, -0.2) is 9.79 Å². The summed E-state index contributed by atoms with van der Waals surface area (Å²) in [6, 6.07) is 5.42. The first-order chi connectivity index (χ1) is 11.5. The molecular weight excluding hydrogens is 374 g/mol. The fourth-order valence-electron chi connectivity index (χ4n) is 3.41. The van der Waals surface area contributed by atoms with E-state index in [9.17, 15) is 4.79 Å². The minimum absolute atomic E-state index is 0.205. The molecule has 0 unspecified atom stereocenters. The zero-order valence-electron chi connectivity index (χ0n) is 13.5. The lowest BCUT2D eigenvalue weighted by atomic mass is 9.87. The smallest absolute Gasteiger partial charge is 0.339 e. The van der Waals surface area contributed by atoms with Gasteiger partial charge in [-0.1, -0.05) is 6.42 Å². The molecule has 3 rings (SSSR count). The predicted molar refractivity (Wildman–Crippen MR) is 97.0 cm³/mol. The topological polar surface area (TPSA) is 106 Å². The maximum absolute atomic E-state index is 12.0. The van der Waals surface area contributed by atoms with Crippen LogP contribution < -0.4 is 16.4 Å². The van der Waals surface area contributed by atoms with Crippen LogP contribution in [0.3, 0.4) is 0 Å². The molecular formula is C16H20BrN5O2. The van der Waals surface area contributed by atoms with E-state index in [0.29, 0.717) is 16.0 Å². The number of ether oxygens (including phenoxy) is 1. The predicted octanol–water partition coefficient (Wildman–Crippen LogP) is 2.35. The Hall–Kier alpha value is -2.09. The van der Waals surface area contributed by atoms with Gasteiger partial charge in [0.2, 0.25) is 11.9 Å². The van der Waals surface area contributed by atoms with Gasteiger partial charge in [0.15, 0.2) is 0 Å². The molecule has 1 fully saturated rings. The van der Waals surface area contributed by atoms with Gasteiger partial charge in [-0.3, -0.25) is 4.90 Å². The summed E-state index contributed by atoms with van der Waals surface area (Å²) in [5.74, 6) is 0.0791. The summed E-state index contributed by atoms with van der Waals surface area (Å²) < 4.78 is 5.50. The zero-order valence-corrected chi connectivity index (χ0v) is 15.0. The highest BCUT2D eigenvalue weighted by Gasteiger charge is 2.42. The lowest BCUT2D eigenvalue weighted by molar-refractivity contribution is 0.0599. The summed E-state index contributed by atoms with van der Waals surface area (Å²) >= 11 is 3.38. The van der Waals surface area contributed by atoms with E-state index in [2.05, 4.69) is 25.9 Å². The largest absolute Gasteiger partial charge is 0.465 e. The van der Waals surface area contributed by atoms with Gasteiger partial charge in [-0.05, 0) is 59.8 Å². The number of guanidine groups is 2. The molecule has 4 N–H and O–H groups in total. The van der Waals surface area contributed by atoms with Gasteiger partial charge in [0.1, 0.15) is 5.66 Å². The van der Waals surface area contributed by atoms with Crippen molar-refractivity contribution < 1.29 is 9.53 Å². The van der Waals surface area contributed by atoms with Gasteiger partial charge in [0.05, 0.1) is 12.7 Å². The van der Waals surface area contributed by atoms with Crippen molar-refractivity contribution in [3.63, 3.8) is 0 Å². The van der Waals surface area contributed by atoms with Gasteiger partial charge in [-0.15, -0.1) is 0 Å². The summed E-state index contributed by atoms with van der Waals surface area (Å²) in [5, 5.41) is 0. The van der Waals surface area contributed by atoms with E-state index in [1.807, 2.05) is 11.0 Å². The van der Waals surface area contributed by atoms with Crippen molar-refractivity contribution in [2.24, 2.45) is 21.5 Å². The second-order valence-corrected chi connectivity index (χ2v) is 6.83. The van der Waals surface area contributed by atoms with Crippen LogP contribution in [0.2, 0.25) is 0 Å². The molecule has 8 heteroatoms. The van der Waals surface area contributed by atoms with Gasteiger partial charge >= 0.3 is 5.97 Å². The van der Waals surface area contributed by atoms with Crippen LogP contribution in [0.15, 0.2) is 32.7 Å². The lowest BCUT2D eigenvalue weighted by Gasteiger charge is -2.45. The molecule has 128 valence electrons. The number of hydrogen-bond donors (Lipinski definition) is 2.